The van der Waals surface area contributed by atoms with E-state index < -0.39 is 0 Å². The number of anilines is 1. The Kier molecular flexibility index (Phi) is 5.23. The summed E-state index contributed by atoms with van der Waals surface area (Å²) in [6, 6.07) is 15.5. The number of hydrogen-bond donors (Lipinski definition) is 1. The first-order valence-corrected chi connectivity index (χ1v) is 10.0. The van der Waals surface area contributed by atoms with Gasteiger partial charge in [0.2, 0.25) is 0 Å². The van der Waals surface area contributed by atoms with Gasteiger partial charge in [-0.05, 0) is 55.5 Å². The molecule has 2 aliphatic rings. The lowest BCUT2D eigenvalue weighted by Crippen LogP contribution is -2.37. The van der Waals surface area contributed by atoms with Crippen molar-refractivity contribution in [1.29, 1.82) is 0 Å². The highest BCUT2D eigenvalue weighted by Crippen LogP contribution is 2.28. The van der Waals surface area contributed by atoms with E-state index in [4.69, 9.17) is 0 Å². The molecule has 140 valence electrons. The zero-order valence-electron chi connectivity index (χ0n) is 15.6. The third-order valence-corrected chi connectivity index (χ3v) is 5.67. The number of amides is 2. The molecule has 4 rings (SSSR count). The Morgan fingerprint density at radius 2 is 1.67 bits per heavy atom. The summed E-state index contributed by atoms with van der Waals surface area (Å²) in [5.41, 5.74) is 3.34. The predicted octanol–water partition coefficient (Wildman–Crippen LogP) is 4.34. The molecule has 27 heavy (non-hydrogen) atoms. The number of fused-ring (bicyclic) bond motifs is 1. The molecular weight excluding hydrogens is 336 g/mol. The molecular formula is C23H26N2O2. The molecule has 4 heteroatoms. The second-order valence-electron chi connectivity index (χ2n) is 7.58. The first-order chi connectivity index (χ1) is 13.2. The Balaban J connectivity index is 1.52. The highest BCUT2D eigenvalue weighted by molar-refractivity contribution is 6.08. The van der Waals surface area contributed by atoms with E-state index in [1.54, 1.807) is 24.3 Å². The van der Waals surface area contributed by atoms with Crippen LogP contribution in [0, 0.1) is 0 Å². The van der Waals surface area contributed by atoms with Crippen molar-refractivity contribution in [1.82, 2.24) is 5.32 Å². The number of carbonyl (C=O) groups excluding carboxylic acids is 2. The second kappa shape index (κ2) is 7.95. The molecule has 0 spiro atoms. The summed E-state index contributed by atoms with van der Waals surface area (Å²) in [6.07, 6.45) is 7.68. The number of benzene rings is 2. The van der Waals surface area contributed by atoms with Crippen LogP contribution in [0.5, 0.6) is 0 Å². The number of nitrogens with zero attached hydrogens (tertiary/aromatic N) is 1. The van der Waals surface area contributed by atoms with E-state index in [1.807, 2.05) is 23.1 Å². The summed E-state index contributed by atoms with van der Waals surface area (Å²) < 4.78 is 0. The Morgan fingerprint density at radius 1 is 0.889 bits per heavy atom. The fourth-order valence-electron chi connectivity index (χ4n) is 4.21. The Bertz CT molecular complexity index is 840. The standard InChI is InChI=1S/C23H26N2O2/c26-22(24-20-12-2-1-3-13-20)18-9-6-10-19(16-18)23(27)25-15-7-11-17-8-4-5-14-21(17)25/h4-6,8-10,14,16,20H,1-3,7,11-13,15H2,(H,24,26). The quantitative estimate of drug-likeness (QED) is 0.883. The summed E-state index contributed by atoms with van der Waals surface area (Å²) in [4.78, 5) is 27.6. The third-order valence-electron chi connectivity index (χ3n) is 5.67. The molecule has 2 aromatic carbocycles. The topological polar surface area (TPSA) is 49.4 Å². The zero-order chi connectivity index (χ0) is 18.6. The minimum Gasteiger partial charge on any atom is -0.349 e. The maximum absolute atomic E-state index is 13.1. The maximum Gasteiger partial charge on any atom is 0.258 e. The van der Waals surface area contributed by atoms with Gasteiger partial charge in [-0.25, -0.2) is 0 Å². The van der Waals surface area contributed by atoms with Crippen molar-refractivity contribution in [2.24, 2.45) is 0 Å². The van der Waals surface area contributed by atoms with Crippen LogP contribution in [-0.2, 0) is 6.42 Å². The molecule has 0 atom stereocenters. The third kappa shape index (κ3) is 3.90. The second-order valence-corrected chi connectivity index (χ2v) is 7.58. The summed E-state index contributed by atoms with van der Waals surface area (Å²) in [6.45, 7) is 0.717. The van der Waals surface area contributed by atoms with Crippen molar-refractivity contribution < 1.29 is 9.59 Å². The number of nitrogens with one attached hydrogen (secondary N) is 1. The fourth-order valence-corrected chi connectivity index (χ4v) is 4.21. The first-order valence-electron chi connectivity index (χ1n) is 10.0. The first kappa shape index (κ1) is 17.8. The van der Waals surface area contributed by atoms with Gasteiger partial charge in [0.05, 0.1) is 0 Å². The molecule has 0 unspecified atom stereocenters. The van der Waals surface area contributed by atoms with Crippen LogP contribution in [0.4, 0.5) is 5.69 Å². The molecule has 1 saturated carbocycles. The highest BCUT2D eigenvalue weighted by atomic mass is 16.2. The van der Waals surface area contributed by atoms with Gasteiger partial charge in [0.1, 0.15) is 0 Å². The van der Waals surface area contributed by atoms with Crippen LogP contribution in [0.3, 0.4) is 0 Å². The van der Waals surface area contributed by atoms with Gasteiger partial charge in [-0.1, -0.05) is 43.5 Å². The molecule has 4 nitrogen and oxygen atoms in total. The van der Waals surface area contributed by atoms with Crippen molar-refractivity contribution in [3.63, 3.8) is 0 Å². The maximum atomic E-state index is 13.1. The van der Waals surface area contributed by atoms with Gasteiger partial charge < -0.3 is 10.2 Å². The largest absolute Gasteiger partial charge is 0.349 e. The minimum atomic E-state index is -0.0735. The lowest BCUT2D eigenvalue weighted by atomic mass is 9.95. The van der Waals surface area contributed by atoms with E-state index >= 15 is 0 Å². The van der Waals surface area contributed by atoms with Gasteiger partial charge >= 0.3 is 0 Å². The van der Waals surface area contributed by atoms with Crippen LogP contribution in [0.15, 0.2) is 48.5 Å². The molecule has 2 aromatic rings. The molecule has 0 saturated heterocycles. The molecule has 0 bridgehead atoms. The molecule has 0 radical (unpaired) electrons. The van der Waals surface area contributed by atoms with Gasteiger partial charge in [-0.2, -0.15) is 0 Å². The number of hydrogen-bond acceptors (Lipinski definition) is 2. The molecule has 2 amide bonds. The van der Waals surface area contributed by atoms with Crippen LogP contribution in [0.25, 0.3) is 0 Å². The predicted molar refractivity (Wildman–Crippen MR) is 107 cm³/mol. The smallest absolute Gasteiger partial charge is 0.258 e. The van der Waals surface area contributed by atoms with E-state index in [2.05, 4.69) is 11.4 Å². The van der Waals surface area contributed by atoms with Crippen LogP contribution >= 0.6 is 0 Å². The zero-order valence-corrected chi connectivity index (χ0v) is 15.6. The van der Waals surface area contributed by atoms with Gasteiger partial charge in [0, 0.05) is 29.4 Å². The molecule has 1 N–H and O–H groups in total. The average Bonchev–Trinajstić information content (AvgIpc) is 2.73. The van der Waals surface area contributed by atoms with Crippen molar-refractivity contribution in [2.75, 3.05) is 11.4 Å². The summed E-state index contributed by atoms with van der Waals surface area (Å²) in [5.74, 6) is -0.106. The Labute approximate surface area is 160 Å². The van der Waals surface area contributed by atoms with Crippen LogP contribution in [-0.4, -0.2) is 24.4 Å². The summed E-state index contributed by atoms with van der Waals surface area (Å²) >= 11 is 0. The van der Waals surface area contributed by atoms with Crippen LogP contribution in [0.2, 0.25) is 0 Å². The fraction of sp³-hybridized carbons (Fsp3) is 0.391. The molecule has 1 aliphatic heterocycles. The van der Waals surface area contributed by atoms with Crippen molar-refractivity contribution >= 4 is 17.5 Å². The number of rotatable bonds is 3. The van der Waals surface area contributed by atoms with E-state index in [0.29, 0.717) is 17.7 Å². The molecule has 1 heterocycles. The summed E-state index contributed by atoms with van der Waals surface area (Å²) in [7, 11) is 0. The van der Waals surface area contributed by atoms with E-state index in [1.165, 1.54) is 24.8 Å². The SMILES string of the molecule is O=C(NC1CCCCC1)c1cccc(C(=O)N2CCCc3ccccc32)c1. The lowest BCUT2D eigenvalue weighted by Gasteiger charge is -2.29. The van der Waals surface area contributed by atoms with E-state index in [0.717, 1.165) is 31.4 Å². The van der Waals surface area contributed by atoms with Crippen molar-refractivity contribution in [2.45, 2.75) is 51.0 Å². The molecule has 1 fully saturated rings. The van der Waals surface area contributed by atoms with Gasteiger partial charge in [0.25, 0.3) is 11.8 Å². The van der Waals surface area contributed by atoms with Crippen molar-refractivity contribution in [3.05, 3.63) is 65.2 Å². The van der Waals surface area contributed by atoms with Gasteiger partial charge in [-0.3, -0.25) is 9.59 Å². The number of aryl methyl sites for hydroxylation is 1. The Morgan fingerprint density at radius 3 is 2.52 bits per heavy atom. The lowest BCUT2D eigenvalue weighted by molar-refractivity contribution is 0.0927. The van der Waals surface area contributed by atoms with Crippen LogP contribution in [0.1, 0.15) is 64.8 Å². The van der Waals surface area contributed by atoms with E-state index in [-0.39, 0.29) is 17.9 Å². The van der Waals surface area contributed by atoms with Gasteiger partial charge in [-0.15, -0.1) is 0 Å². The molecule has 0 aromatic heterocycles. The van der Waals surface area contributed by atoms with E-state index in [9.17, 15) is 9.59 Å². The van der Waals surface area contributed by atoms with Crippen LogP contribution < -0.4 is 10.2 Å². The molecule has 1 aliphatic carbocycles. The monoisotopic (exact) mass is 362 g/mol. The minimum absolute atomic E-state index is 0.0329. The number of para-hydroxylation sites is 1. The number of carbonyl (C=O) groups is 2. The van der Waals surface area contributed by atoms with Gasteiger partial charge in [0.15, 0.2) is 0 Å². The van der Waals surface area contributed by atoms with Crippen molar-refractivity contribution in [3.8, 4) is 0 Å². The summed E-state index contributed by atoms with van der Waals surface area (Å²) in [5, 5.41) is 3.13. The normalized spacial score (nSPS) is 17.3. The average molecular weight is 362 g/mol. The highest BCUT2D eigenvalue weighted by Gasteiger charge is 2.24. The Hall–Kier alpha value is -2.62.